The Morgan fingerprint density at radius 1 is 1.36 bits per heavy atom. The second kappa shape index (κ2) is 2.81. The molecule has 0 unspecified atom stereocenters. The highest BCUT2D eigenvalue weighted by molar-refractivity contribution is 5.82. The van der Waals surface area contributed by atoms with E-state index >= 15 is 0 Å². The molecule has 0 spiro atoms. The van der Waals surface area contributed by atoms with E-state index < -0.39 is 0 Å². The summed E-state index contributed by atoms with van der Waals surface area (Å²) < 4.78 is 0. The molecule has 1 heterocycles. The molecule has 1 fully saturated rings. The van der Waals surface area contributed by atoms with Crippen molar-refractivity contribution in [1.29, 1.82) is 0 Å². The first-order valence-corrected chi connectivity index (χ1v) is 4.06. The minimum absolute atomic E-state index is 0.0220. The van der Waals surface area contributed by atoms with Gasteiger partial charge in [0.05, 0.1) is 6.04 Å². The van der Waals surface area contributed by atoms with E-state index in [9.17, 15) is 4.79 Å². The highest BCUT2D eigenvalue weighted by Crippen LogP contribution is 2.10. The number of carbonyl (C=O) groups excluding carboxylic acids is 1. The van der Waals surface area contributed by atoms with Gasteiger partial charge >= 0.3 is 0 Å². The van der Waals surface area contributed by atoms with Crippen LogP contribution in [-0.4, -0.2) is 36.0 Å². The number of hydrogen-bond acceptors (Lipinski definition) is 2. The molecule has 3 nitrogen and oxygen atoms in total. The zero-order valence-electron chi connectivity index (χ0n) is 7.59. The molecule has 3 heteroatoms. The molecule has 0 aromatic rings. The average molecular weight is 156 g/mol. The third kappa shape index (κ3) is 1.38. The molecule has 0 aromatic heterocycles. The summed E-state index contributed by atoms with van der Waals surface area (Å²) in [6.07, 6.45) is 0. The Bertz CT molecular complexity index is 169. The standard InChI is InChI=1S/C8H16N2O/c1-5-7(3)10(4)8(11)6(2)9-5/h5-7,9H,1-4H3/t5-,6-,7-/m0/s1. The predicted octanol–water partition coefficient (Wildman–Crippen LogP) is 0.213. The van der Waals surface area contributed by atoms with Crippen LogP contribution in [0.5, 0.6) is 0 Å². The second-order valence-corrected chi connectivity index (χ2v) is 3.37. The first-order chi connectivity index (χ1) is 5.04. The lowest BCUT2D eigenvalue weighted by Crippen LogP contribution is -2.61. The van der Waals surface area contributed by atoms with Gasteiger partial charge in [0.2, 0.25) is 5.91 Å². The van der Waals surface area contributed by atoms with Crippen LogP contribution in [0.25, 0.3) is 0 Å². The maximum absolute atomic E-state index is 11.3. The van der Waals surface area contributed by atoms with E-state index in [1.807, 2.05) is 18.9 Å². The Labute approximate surface area is 67.8 Å². The molecule has 0 aliphatic carbocycles. The Morgan fingerprint density at radius 2 is 1.91 bits per heavy atom. The van der Waals surface area contributed by atoms with Gasteiger partial charge in [-0.25, -0.2) is 0 Å². The van der Waals surface area contributed by atoms with Crippen molar-refractivity contribution in [2.24, 2.45) is 0 Å². The Morgan fingerprint density at radius 3 is 2.45 bits per heavy atom. The van der Waals surface area contributed by atoms with Crippen molar-refractivity contribution in [2.45, 2.75) is 38.9 Å². The lowest BCUT2D eigenvalue weighted by atomic mass is 10.0. The van der Waals surface area contributed by atoms with Crippen molar-refractivity contribution in [1.82, 2.24) is 10.2 Å². The molecule has 1 N–H and O–H groups in total. The normalized spacial score (nSPS) is 39.5. The number of carbonyl (C=O) groups is 1. The minimum Gasteiger partial charge on any atom is -0.340 e. The number of likely N-dealkylation sites (N-methyl/N-ethyl adjacent to an activating group) is 1. The van der Waals surface area contributed by atoms with Crippen molar-refractivity contribution >= 4 is 5.91 Å². The van der Waals surface area contributed by atoms with Gasteiger partial charge in [0.1, 0.15) is 0 Å². The van der Waals surface area contributed by atoms with E-state index in [4.69, 9.17) is 0 Å². The molecule has 11 heavy (non-hydrogen) atoms. The summed E-state index contributed by atoms with van der Waals surface area (Å²) >= 11 is 0. The molecule has 0 saturated carbocycles. The van der Waals surface area contributed by atoms with E-state index in [1.54, 1.807) is 0 Å². The Kier molecular flexibility index (Phi) is 2.18. The van der Waals surface area contributed by atoms with Gasteiger partial charge in [0.25, 0.3) is 0 Å². The number of piperazine rings is 1. The number of rotatable bonds is 0. The molecule has 0 bridgehead atoms. The fourth-order valence-corrected chi connectivity index (χ4v) is 1.45. The van der Waals surface area contributed by atoms with Crippen LogP contribution in [0, 0.1) is 0 Å². The van der Waals surface area contributed by atoms with E-state index in [-0.39, 0.29) is 11.9 Å². The summed E-state index contributed by atoms with van der Waals surface area (Å²) in [7, 11) is 1.86. The van der Waals surface area contributed by atoms with Crippen LogP contribution in [0.4, 0.5) is 0 Å². The largest absolute Gasteiger partial charge is 0.340 e. The Balaban J connectivity index is 2.70. The molecule has 0 radical (unpaired) electrons. The number of nitrogens with one attached hydrogen (secondary N) is 1. The first-order valence-electron chi connectivity index (χ1n) is 4.06. The molecule has 64 valence electrons. The van der Waals surface area contributed by atoms with Crippen molar-refractivity contribution in [3.8, 4) is 0 Å². The second-order valence-electron chi connectivity index (χ2n) is 3.37. The topological polar surface area (TPSA) is 32.3 Å². The van der Waals surface area contributed by atoms with Crippen molar-refractivity contribution < 1.29 is 4.79 Å². The van der Waals surface area contributed by atoms with Gasteiger partial charge in [0, 0.05) is 19.1 Å². The molecular weight excluding hydrogens is 140 g/mol. The van der Waals surface area contributed by atoms with E-state index in [1.165, 1.54) is 0 Å². The molecule has 1 rings (SSSR count). The third-order valence-corrected chi connectivity index (χ3v) is 2.57. The van der Waals surface area contributed by atoms with Gasteiger partial charge in [-0.05, 0) is 20.8 Å². The summed E-state index contributed by atoms with van der Waals surface area (Å²) in [5, 5.41) is 3.22. The van der Waals surface area contributed by atoms with E-state index in [0.717, 1.165) is 0 Å². The van der Waals surface area contributed by atoms with Crippen LogP contribution >= 0.6 is 0 Å². The van der Waals surface area contributed by atoms with Crippen LogP contribution in [-0.2, 0) is 4.79 Å². The maximum Gasteiger partial charge on any atom is 0.239 e. The fraction of sp³-hybridized carbons (Fsp3) is 0.875. The van der Waals surface area contributed by atoms with Crippen LogP contribution in [0.3, 0.4) is 0 Å². The van der Waals surface area contributed by atoms with Gasteiger partial charge in [-0.15, -0.1) is 0 Å². The first kappa shape index (κ1) is 8.53. The molecule has 0 aromatic carbocycles. The number of hydrogen-bond donors (Lipinski definition) is 1. The van der Waals surface area contributed by atoms with Crippen LogP contribution in [0.2, 0.25) is 0 Å². The minimum atomic E-state index is -0.0220. The summed E-state index contributed by atoms with van der Waals surface area (Å²) in [4.78, 5) is 13.2. The summed E-state index contributed by atoms with van der Waals surface area (Å²) in [6.45, 7) is 6.06. The van der Waals surface area contributed by atoms with Gasteiger partial charge in [-0.2, -0.15) is 0 Å². The van der Waals surface area contributed by atoms with Crippen molar-refractivity contribution in [2.75, 3.05) is 7.05 Å². The highest BCUT2D eigenvalue weighted by atomic mass is 16.2. The van der Waals surface area contributed by atoms with Crippen LogP contribution in [0.1, 0.15) is 20.8 Å². The molecule has 1 amide bonds. The van der Waals surface area contributed by atoms with Gasteiger partial charge in [0.15, 0.2) is 0 Å². The lowest BCUT2D eigenvalue weighted by molar-refractivity contribution is -0.137. The van der Waals surface area contributed by atoms with Gasteiger partial charge < -0.3 is 10.2 Å². The highest BCUT2D eigenvalue weighted by Gasteiger charge is 2.31. The summed E-state index contributed by atoms with van der Waals surface area (Å²) in [5.74, 6) is 0.190. The summed E-state index contributed by atoms with van der Waals surface area (Å²) in [5.41, 5.74) is 0. The maximum atomic E-state index is 11.3. The van der Waals surface area contributed by atoms with Crippen LogP contribution < -0.4 is 5.32 Å². The molecule has 1 saturated heterocycles. The molecule has 1 aliphatic rings. The fourth-order valence-electron chi connectivity index (χ4n) is 1.45. The number of nitrogens with zero attached hydrogens (tertiary/aromatic N) is 1. The molecular formula is C8H16N2O. The van der Waals surface area contributed by atoms with E-state index in [2.05, 4.69) is 19.2 Å². The molecule has 1 aliphatic heterocycles. The molecule has 3 atom stereocenters. The van der Waals surface area contributed by atoms with E-state index in [0.29, 0.717) is 12.1 Å². The predicted molar refractivity (Wildman–Crippen MR) is 44.3 cm³/mol. The van der Waals surface area contributed by atoms with Crippen LogP contribution in [0.15, 0.2) is 0 Å². The smallest absolute Gasteiger partial charge is 0.239 e. The monoisotopic (exact) mass is 156 g/mol. The zero-order chi connectivity index (χ0) is 8.59. The third-order valence-electron chi connectivity index (χ3n) is 2.57. The van der Waals surface area contributed by atoms with Crippen molar-refractivity contribution in [3.63, 3.8) is 0 Å². The number of amides is 1. The van der Waals surface area contributed by atoms with Gasteiger partial charge in [-0.3, -0.25) is 4.79 Å². The SMILES string of the molecule is C[C@@H]1N[C@@H](C)[C@H](C)N(C)C1=O. The van der Waals surface area contributed by atoms with Crippen molar-refractivity contribution in [3.05, 3.63) is 0 Å². The zero-order valence-corrected chi connectivity index (χ0v) is 7.59. The average Bonchev–Trinajstić information content (AvgIpc) is 1.97. The Hall–Kier alpha value is -0.570. The van der Waals surface area contributed by atoms with Gasteiger partial charge in [-0.1, -0.05) is 0 Å². The summed E-state index contributed by atoms with van der Waals surface area (Å²) in [6, 6.07) is 0.678. The quantitative estimate of drug-likeness (QED) is 0.544. The lowest BCUT2D eigenvalue weighted by Gasteiger charge is -2.39.